The van der Waals surface area contributed by atoms with Gasteiger partial charge in [-0.05, 0) is 23.7 Å². The normalized spacial score (nSPS) is 12.1. The molecule has 0 radical (unpaired) electrons. The molecule has 0 aliphatic rings. The fourth-order valence-electron chi connectivity index (χ4n) is 1.27. The van der Waals surface area contributed by atoms with Crippen LogP contribution in [0.2, 0.25) is 5.02 Å². The van der Waals surface area contributed by atoms with E-state index in [1.165, 1.54) is 6.07 Å². The standard InChI is InChI=1S/C12H10ClN/c13-10-7-5-9(6-8-10)11-3-1-2-4-12(11)14/h1-8H,14H2/i1D,4D. The highest BCUT2D eigenvalue weighted by Crippen LogP contribution is 2.26. The van der Waals surface area contributed by atoms with Crippen LogP contribution in [0.15, 0.2) is 48.5 Å². The number of halogens is 1. The second-order valence-corrected chi connectivity index (χ2v) is 3.37. The van der Waals surface area contributed by atoms with Gasteiger partial charge in [0.05, 0.1) is 2.74 Å². The molecule has 0 aliphatic heterocycles. The predicted octanol–water partition coefficient (Wildman–Crippen LogP) is 3.59. The summed E-state index contributed by atoms with van der Waals surface area (Å²) in [4.78, 5) is 0. The van der Waals surface area contributed by atoms with Gasteiger partial charge in [0, 0.05) is 16.3 Å². The summed E-state index contributed by atoms with van der Waals surface area (Å²) in [5.41, 5.74) is 7.77. The van der Waals surface area contributed by atoms with E-state index in [4.69, 9.17) is 20.1 Å². The fourth-order valence-corrected chi connectivity index (χ4v) is 1.39. The Hall–Kier alpha value is -1.47. The lowest BCUT2D eigenvalue weighted by atomic mass is 10.0. The monoisotopic (exact) mass is 205 g/mol. The van der Waals surface area contributed by atoms with Crippen molar-refractivity contribution in [3.63, 3.8) is 0 Å². The number of rotatable bonds is 1. The van der Waals surface area contributed by atoms with Gasteiger partial charge in [-0.25, -0.2) is 0 Å². The molecule has 0 bridgehead atoms. The second-order valence-electron chi connectivity index (χ2n) is 2.93. The summed E-state index contributed by atoms with van der Waals surface area (Å²) in [5.74, 6) is 0. The molecule has 14 heavy (non-hydrogen) atoms. The molecule has 0 atom stereocenters. The third-order valence-electron chi connectivity index (χ3n) is 1.98. The van der Waals surface area contributed by atoms with E-state index in [9.17, 15) is 0 Å². The SMILES string of the molecule is [2H]c1cc([2H])c(N)c(-c2ccc(Cl)cc2)c1. The van der Waals surface area contributed by atoms with E-state index in [1.807, 2.05) is 12.1 Å². The average molecular weight is 206 g/mol. The zero-order chi connectivity index (χ0) is 11.7. The number of nitrogen functional groups attached to an aromatic ring is 1. The Morgan fingerprint density at radius 3 is 2.57 bits per heavy atom. The van der Waals surface area contributed by atoms with Crippen molar-refractivity contribution in [1.82, 2.24) is 0 Å². The van der Waals surface area contributed by atoms with E-state index in [2.05, 4.69) is 0 Å². The minimum absolute atomic E-state index is 0.178. The molecule has 0 fully saturated rings. The van der Waals surface area contributed by atoms with Crippen LogP contribution in [0.1, 0.15) is 2.74 Å². The summed E-state index contributed by atoms with van der Waals surface area (Å²) < 4.78 is 15.2. The van der Waals surface area contributed by atoms with Gasteiger partial charge >= 0.3 is 0 Å². The molecule has 2 aromatic carbocycles. The summed E-state index contributed by atoms with van der Waals surface area (Å²) in [6.07, 6.45) is 0. The molecule has 2 heteroatoms. The Labute approximate surface area is 90.9 Å². The molecule has 2 rings (SSSR count). The molecular weight excluding hydrogens is 194 g/mol. The first-order chi connectivity index (χ1) is 7.58. The molecule has 1 nitrogen and oxygen atoms in total. The third-order valence-corrected chi connectivity index (χ3v) is 2.24. The van der Waals surface area contributed by atoms with Crippen LogP contribution in [0.5, 0.6) is 0 Å². The Bertz CT molecular complexity index is 523. The largest absolute Gasteiger partial charge is 0.398 e. The molecule has 2 aromatic rings. The summed E-state index contributed by atoms with van der Waals surface area (Å²) in [6.45, 7) is 0. The number of hydrogen-bond donors (Lipinski definition) is 1. The van der Waals surface area contributed by atoms with Crippen molar-refractivity contribution in [1.29, 1.82) is 0 Å². The van der Waals surface area contributed by atoms with Gasteiger partial charge in [-0.1, -0.05) is 41.9 Å². The Balaban J connectivity index is 2.59. The zero-order valence-electron chi connectivity index (χ0n) is 9.42. The lowest BCUT2D eigenvalue weighted by molar-refractivity contribution is 1.61. The van der Waals surface area contributed by atoms with Gasteiger partial charge in [0.2, 0.25) is 0 Å². The van der Waals surface area contributed by atoms with E-state index < -0.39 is 0 Å². The van der Waals surface area contributed by atoms with Crippen molar-refractivity contribution in [2.45, 2.75) is 0 Å². The van der Waals surface area contributed by atoms with E-state index in [-0.39, 0.29) is 12.1 Å². The maximum atomic E-state index is 7.62. The van der Waals surface area contributed by atoms with Gasteiger partial charge in [-0.2, -0.15) is 0 Å². The lowest BCUT2D eigenvalue weighted by Crippen LogP contribution is -1.88. The molecule has 0 saturated heterocycles. The minimum Gasteiger partial charge on any atom is -0.398 e. The van der Waals surface area contributed by atoms with Crippen LogP contribution in [-0.4, -0.2) is 0 Å². The molecule has 0 aliphatic carbocycles. The van der Waals surface area contributed by atoms with Gasteiger partial charge in [0.25, 0.3) is 0 Å². The van der Waals surface area contributed by atoms with Crippen LogP contribution in [0.4, 0.5) is 5.69 Å². The Morgan fingerprint density at radius 1 is 1.14 bits per heavy atom. The predicted molar refractivity (Wildman–Crippen MR) is 61.3 cm³/mol. The maximum absolute atomic E-state index is 7.62. The molecule has 0 aromatic heterocycles. The van der Waals surface area contributed by atoms with Crippen molar-refractivity contribution >= 4 is 17.3 Å². The Morgan fingerprint density at radius 2 is 1.86 bits per heavy atom. The first kappa shape index (κ1) is 6.91. The molecular formula is C12H10ClN. The van der Waals surface area contributed by atoms with Crippen molar-refractivity contribution in [3.8, 4) is 11.1 Å². The molecule has 70 valence electrons. The van der Waals surface area contributed by atoms with Gasteiger partial charge in [-0.15, -0.1) is 0 Å². The highest BCUT2D eigenvalue weighted by molar-refractivity contribution is 6.30. The summed E-state index contributed by atoms with van der Waals surface area (Å²) >= 11 is 5.80. The van der Waals surface area contributed by atoms with Gasteiger partial charge in [0.1, 0.15) is 0 Å². The van der Waals surface area contributed by atoms with E-state index in [0.717, 1.165) is 5.56 Å². The molecule has 0 amide bonds. The number of nitrogens with two attached hydrogens (primary N) is 1. The third kappa shape index (κ3) is 1.73. The molecule has 0 spiro atoms. The lowest BCUT2D eigenvalue weighted by Gasteiger charge is -2.04. The second kappa shape index (κ2) is 3.72. The van der Waals surface area contributed by atoms with Crippen LogP contribution < -0.4 is 5.73 Å². The zero-order valence-corrected chi connectivity index (χ0v) is 8.18. The molecule has 0 unspecified atom stereocenters. The van der Waals surface area contributed by atoms with Crippen LogP contribution >= 0.6 is 11.6 Å². The molecule has 2 N–H and O–H groups in total. The van der Waals surface area contributed by atoms with Crippen molar-refractivity contribution in [3.05, 3.63) is 53.5 Å². The highest BCUT2D eigenvalue weighted by Gasteiger charge is 2.00. The Kier molecular flexibility index (Phi) is 1.84. The topological polar surface area (TPSA) is 26.0 Å². The first-order valence-corrected chi connectivity index (χ1v) is 4.58. The van der Waals surface area contributed by atoms with Crippen LogP contribution in [0, 0.1) is 0 Å². The highest BCUT2D eigenvalue weighted by atomic mass is 35.5. The van der Waals surface area contributed by atoms with Crippen molar-refractivity contribution in [2.24, 2.45) is 0 Å². The fraction of sp³-hybridized carbons (Fsp3) is 0. The van der Waals surface area contributed by atoms with E-state index in [1.54, 1.807) is 18.2 Å². The summed E-state index contributed by atoms with van der Waals surface area (Å²) in [6, 6.07) is 10.7. The number of para-hydroxylation sites is 1. The smallest absolute Gasteiger partial charge is 0.0645 e. The van der Waals surface area contributed by atoms with Crippen molar-refractivity contribution in [2.75, 3.05) is 5.73 Å². The summed E-state index contributed by atoms with van der Waals surface area (Å²) in [7, 11) is 0. The maximum Gasteiger partial charge on any atom is 0.0645 e. The quantitative estimate of drug-likeness (QED) is 0.708. The van der Waals surface area contributed by atoms with Crippen molar-refractivity contribution < 1.29 is 2.74 Å². The number of benzene rings is 2. The van der Waals surface area contributed by atoms with Crippen LogP contribution in [-0.2, 0) is 0 Å². The number of hydrogen-bond acceptors (Lipinski definition) is 1. The van der Waals surface area contributed by atoms with Crippen LogP contribution in [0.25, 0.3) is 11.1 Å². The minimum atomic E-state index is 0.178. The first-order valence-electron chi connectivity index (χ1n) is 5.20. The van der Waals surface area contributed by atoms with Gasteiger partial charge < -0.3 is 5.73 Å². The van der Waals surface area contributed by atoms with E-state index in [0.29, 0.717) is 16.3 Å². The van der Waals surface area contributed by atoms with Crippen LogP contribution in [0.3, 0.4) is 0 Å². The molecule has 0 saturated carbocycles. The summed E-state index contributed by atoms with van der Waals surface area (Å²) in [5, 5.41) is 0.649. The average Bonchev–Trinajstić information content (AvgIpc) is 2.25. The van der Waals surface area contributed by atoms with E-state index >= 15 is 0 Å². The molecule has 0 heterocycles. The van der Waals surface area contributed by atoms with Gasteiger partial charge in [0.15, 0.2) is 0 Å². The van der Waals surface area contributed by atoms with Gasteiger partial charge in [-0.3, -0.25) is 0 Å². The number of anilines is 1.